The lowest BCUT2D eigenvalue weighted by atomic mass is 10.1. The Labute approximate surface area is 146 Å². The van der Waals surface area contributed by atoms with E-state index >= 15 is 0 Å². The van der Waals surface area contributed by atoms with Crippen molar-refractivity contribution in [2.24, 2.45) is 0 Å². The van der Waals surface area contributed by atoms with Gasteiger partial charge in [-0.3, -0.25) is 9.20 Å². The van der Waals surface area contributed by atoms with E-state index < -0.39 is 5.97 Å². The van der Waals surface area contributed by atoms with Gasteiger partial charge < -0.3 is 9.15 Å². The predicted octanol–water partition coefficient (Wildman–Crippen LogP) is 3.33. The Morgan fingerprint density at radius 2 is 2.04 bits per heavy atom. The third-order valence-corrected chi connectivity index (χ3v) is 4.26. The zero-order valence-corrected chi connectivity index (χ0v) is 15.0. The maximum absolute atomic E-state index is 12.3. The number of carbonyl (C=O) groups is 1. The van der Waals surface area contributed by atoms with E-state index in [1.807, 2.05) is 0 Å². The van der Waals surface area contributed by atoms with Crippen molar-refractivity contribution in [1.29, 1.82) is 0 Å². The maximum Gasteiger partial charge on any atom is 0.342 e. The number of ether oxygens (including phenoxy) is 1. The number of fused-ring (bicyclic) bond motifs is 1. The summed E-state index contributed by atoms with van der Waals surface area (Å²) >= 11 is 3.31. The first-order valence-corrected chi connectivity index (χ1v) is 8.07. The second-order valence-electron chi connectivity index (χ2n) is 5.45. The molecule has 0 aliphatic carbocycles. The standard InChI is InChI=1S/C17H15BrN2O4/c1-9-10(2)24-11(3)16(9)17(22)23-8-13-6-15(21)20-7-12(18)4-5-14(20)19-13/h4-7H,8H2,1-3H3. The van der Waals surface area contributed by atoms with E-state index in [2.05, 4.69) is 20.9 Å². The van der Waals surface area contributed by atoms with Crippen molar-refractivity contribution >= 4 is 27.5 Å². The van der Waals surface area contributed by atoms with Crippen LogP contribution in [0, 0.1) is 20.8 Å². The highest BCUT2D eigenvalue weighted by Gasteiger charge is 2.20. The van der Waals surface area contributed by atoms with E-state index in [0.717, 1.165) is 10.0 Å². The number of pyridine rings is 1. The quantitative estimate of drug-likeness (QED) is 0.641. The average molecular weight is 391 g/mol. The molecule has 0 bridgehead atoms. The first-order valence-electron chi connectivity index (χ1n) is 7.28. The molecule has 0 saturated heterocycles. The molecule has 6 nitrogen and oxygen atoms in total. The lowest BCUT2D eigenvalue weighted by Gasteiger charge is -2.06. The molecule has 0 spiro atoms. The summed E-state index contributed by atoms with van der Waals surface area (Å²) in [6.45, 7) is 5.24. The number of rotatable bonds is 3. The molecule has 0 fully saturated rings. The number of furan rings is 1. The molecule has 0 unspecified atom stereocenters. The van der Waals surface area contributed by atoms with Gasteiger partial charge in [-0.1, -0.05) is 0 Å². The fourth-order valence-corrected chi connectivity index (χ4v) is 2.84. The lowest BCUT2D eigenvalue weighted by Crippen LogP contribution is -2.16. The Kier molecular flexibility index (Phi) is 4.28. The van der Waals surface area contributed by atoms with E-state index in [0.29, 0.717) is 28.4 Å². The Hall–Kier alpha value is -2.41. The second kappa shape index (κ2) is 6.24. The van der Waals surface area contributed by atoms with E-state index in [9.17, 15) is 9.59 Å². The summed E-state index contributed by atoms with van der Waals surface area (Å²) in [6, 6.07) is 4.86. The lowest BCUT2D eigenvalue weighted by molar-refractivity contribution is 0.0465. The number of aryl methyl sites for hydroxylation is 2. The van der Waals surface area contributed by atoms with Gasteiger partial charge in [-0.15, -0.1) is 0 Å². The molecular formula is C17H15BrN2O4. The number of nitrogens with zero attached hydrogens (tertiary/aromatic N) is 2. The largest absolute Gasteiger partial charge is 0.465 e. The fraction of sp³-hybridized carbons (Fsp3) is 0.235. The zero-order valence-electron chi connectivity index (χ0n) is 13.4. The molecule has 3 aromatic rings. The van der Waals surface area contributed by atoms with Crippen molar-refractivity contribution in [1.82, 2.24) is 9.38 Å². The summed E-state index contributed by atoms with van der Waals surface area (Å²) in [4.78, 5) is 28.7. The molecule has 0 aliphatic heterocycles. The number of hydrogen-bond donors (Lipinski definition) is 0. The van der Waals surface area contributed by atoms with Gasteiger partial charge in [0.05, 0.1) is 5.69 Å². The number of halogens is 1. The molecule has 0 N–H and O–H groups in total. The molecule has 0 radical (unpaired) electrons. The SMILES string of the molecule is Cc1oc(C)c(C(=O)OCc2cc(=O)n3cc(Br)ccc3n2)c1C. The van der Waals surface area contributed by atoms with Crippen molar-refractivity contribution in [3.63, 3.8) is 0 Å². The van der Waals surface area contributed by atoms with Crippen LogP contribution in [0.3, 0.4) is 0 Å². The summed E-state index contributed by atoms with van der Waals surface area (Å²) in [6.07, 6.45) is 1.64. The van der Waals surface area contributed by atoms with Gasteiger partial charge in [0.25, 0.3) is 5.56 Å². The highest BCUT2D eigenvalue weighted by molar-refractivity contribution is 9.10. The third-order valence-electron chi connectivity index (χ3n) is 3.79. The van der Waals surface area contributed by atoms with Crippen molar-refractivity contribution in [3.05, 3.63) is 67.6 Å². The van der Waals surface area contributed by atoms with Crippen LogP contribution in [-0.2, 0) is 11.3 Å². The first-order chi connectivity index (χ1) is 11.4. The van der Waals surface area contributed by atoms with Crippen molar-refractivity contribution < 1.29 is 13.9 Å². The predicted molar refractivity (Wildman–Crippen MR) is 91.2 cm³/mol. The van der Waals surface area contributed by atoms with Crippen LogP contribution in [0.4, 0.5) is 0 Å². The molecule has 7 heteroatoms. The summed E-state index contributed by atoms with van der Waals surface area (Å²) in [5, 5.41) is 0. The minimum atomic E-state index is -0.486. The molecule has 0 saturated carbocycles. The van der Waals surface area contributed by atoms with Gasteiger partial charge in [-0.05, 0) is 48.8 Å². The number of carbonyl (C=O) groups excluding carboxylic acids is 1. The summed E-state index contributed by atoms with van der Waals surface area (Å²) < 4.78 is 12.9. The second-order valence-corrected chi connectivity index (χ2v) is 6.37. The minimum Gasteiger partial charge on any atom is -0.465 e. The van der Waals surface area contributed by atoms with Crippen LogP contribution in [-0.4, -0.2) is 15.4 Å². The monoisotopic (exact) mass is 390 g/mol. The van der Waals surface area contributed by atoms with E-state index in [1.54, 1.807) is 39.1 Å². The normalized spacial score (nSPS) is 11.0. The zero-order chi connectivity index (χ0) is 17.4. The summed E-state index contributed by atoms with van der Waals surface area (Å²) in [5.41, 5.74) is 1.83. The smallest absolute Gasteiger partial charge is 0.342 e. The van der Waals surface area contributed by atoms with Crippen LogP contribution in [0.15, 0.2) is 38.1 Å². The molecule has 124 valence electrons. The summed E-state index contributed by atoms with van der Waals surface area (Å²) in [7, 11) is 0. The maximum atomic E-state index is 12.3. The van der Waals surface area contributed by atoms with Crippen LogP contribution >= 0.6 is 15.9 Å². The third kappa shape index (κ3) is 2.99. The van der Waals surface area contributed by atoms with Gasteiger partial charge in [0.2, 0.25) is 0 Å². The highest BCUT2D eigenvalue weighted by atomic mass is 79.9. The van der Waals surface area contributed by atoms with Crippen LogP contribution in [0.5, 0.6) is 0 Å². The molecule has 3 heterocycles. The molecule has 0 atom stereocenters. The molecule has 0 aromatic carbocycles. The van der Waals surface area contributed by atoms with Crippen molar-refractivity contribution in [2.75, 3.05) is 0 Å². The van der Waals surface area contributed by atoms with Crippen LogP contribution < -0.4 is 5.56 Å². The van der Waals surface area contributed by atoms with E-state index in [4.69, 9.17) is 9.15 Å². The van der Waals surface area contributed by atoms with Gasteiger partial charge in [0, 0.05) is 22.3 Å². The van der Waals surface area contributed by atoms with E-state index in [-0.39, 0.29) is 12.2 Å². The number of esters is 1. The molecule has 0 aliphatic rings. The average Bonchev–Trinajstić information content (AvgIpc) is 2.78. The fourth-order valence-electron chi connectivity index (χ4n) is 2.51. The molecule has 0 amide bonds. The van der Waals surface area contributed by atoms with Crippen molar-refractivity contribution in [2.45, 2.75) is 27.4 Å². The number of hydrogen-bond acceptors (Lipinski definition) is 5. The minimum absolute atomic E-state index is 0.0796. The van der Waals surface area contributed by atoms with Crippen LogP contribution in [0.25, 0.3) is 5.65 Å². The molecule has 3 rings (SSSR count). The van der Waals surface area contributed by atoms with Crippen LogP contribution in [0.2, 0.25) is 0 Å². The van der Waals surface area contributed by atoms with Crippen molar-refractivity contribution in [3.8, 4) is 0 Å². The van der Waals surface area contributed by atoms with Gasteiger partial charge in [0.15, 0.2) is 0 Å². The van der Waals surface area contributed by atoms with E-state index in [1.165, 1.54) is 10.5 Å². The molecular weight excluding hydrogens is 376 g/mol. The van der Waals surface area contributed by atoms with Gasteiger partial charge in [-0.25, -0.2) is 9.78 Å². The van der Waals surface area contributed by atoms with Gasteiger partial charge in [0.1, 0.15) is 29.3 Å². The first kappa shape index (κ1) is 16.4. The Balaban J connectivity index is 1.84. The van der Waals surface area contributed by atoms with Gasteiger partial charge in [-0.2, -0.15) is 0 Å². The van der Waals surface area contributed by atoms with Gasteiger partial charge >= 0.3 is 5.97 Å². The molecule has 24 heavy (non-hydrogen) atoms. The molecule has 3 aromatic heterocycles. The Morgan fingerprint density at radius 1 is 1.29 bits per heavy atom. The topological polar surface area (TPSA) is 73.8 Å². The summed E-state index contributed by atoms with van der Waals surface area (Å²) in [5.74, 6) is 0.721. The Morgan fingerprint density at radius 3 is 2.71 bits per heavy atom. The van der Waals surface area contributed by atoms with Crippen LogP contribution in [0.1, 0.15) is 33.1 Å². The number of aromatic nitrogens is 2. The Bertz CT molecular complexity index is 1000. The highest BCUT2D eigenvalue weighted by Crippen LogP contribution is 2.21.